The Morgan fingerprint density at radius 3 is 3.12 bits per heavy atom. The summed E-state index contributed by atoms with van der Waals surface area (Å²) in [7, 11) is 0. The summed E-state index contributed by atoms with van der Waals surface area (Å²) in [4.78, 5) is 4.13. The lowest BCUT2D eigenvalue weighted by atomic mass is 10.2. The van der Waals surface area contributed by atoms with Crippen molar-refractivity contribution < 1.29 is 4.74 Å². The first kappa shape index (κ1) is 11.6. The van der Waals surface area contributed by atoms with Gasteiger partial charge in [0.2, 0.25) is 0 Å². The van der Waals surface area contributed by atoms with E-state index in [1.54, 1.807) is 12.4 Å². The smallest absolute Gasteiger partial charge is 0.141 e. The highest BCUT2D eigenvalue weighted by Gasteiger charge is 2.00. The molecule has 0 spiro atoms. The lowest BCUT2D eigenvalue weighted by Gasteiger charge is -2.08. The van der Waals surface area contributed by atoms with Crippen molar-refractivity contribution in [2.45, 2.75) is 19.4 Å². The molecule has 3 nitrogen and oxygen atoms in total. The van der Waals surface area contributed by atoms with Crippen LogP contribution < -0.4 is 10.5 Å². The van der Waals surface area contributed by atoms with Crippen molar-refractivity contribution in [3.8, 4) is 5.75 Å². The Hall–Kier alpha value is -1.87. The molecule has 1 aromatic carbocycles. The summed E-state index contributed by atoms with van der Waals surface area (Å²) in [6.07, 6.45) is 9.57. The van der Waals surface area contributed by atoms with Crippen molar-refractivity contribution >= 4 is 6.21 Å². The molecule has 0 saturated heterocycles. The zero-order valence-corrected chi connectivity index (χ0v) is 9.67. The van der Waals surface area contributed by atoms with Gasteiger partial charge in [-0.2, -0.15) is 0 Å². The van der Waals surface area contributed by atoms with Crippen molar-refractivity contribution in [2.24, 2.45) is 10.7 Å². The maximum absolute atomic E-state index is 5.76. The van der Waals surface area contributed by atoms with Crippen molar-refractivity contribution in [1.82, 2.24) is 0 Å². The lowest BCUT2D eigenvalue weighted by Crippen LogP contribution is -2.00. The number of nitrogens with two attached hydrogens (primary N) is 1. The van der Waals surface area contributed by atoms with Crippen LogP contribution in [0.1, 0.15) is 18.4 Å². The fourth-order valence-electron chi connectivity index (χ4n) is 1.57. The maximum atomic E-state index is 5.76. The van der Waals surface area contributed by atoms with Gasteiger partial charge >= 0.3 is 0 Å². The average Bonchev–Trinajstić information content (AvgIpc) is 2.33. The van der Waals surface area contributed by atoms with Crippen LogP contribution in [0.15, 0.2) is 53.4 Å². The molecule has 2 N–H and O–H groups in total. The summed E-state index contributed by atoms with van der Waals surface area (Å²) >= 11 is 0. The predicted octanol–water partition coefficient (Wildman–Crippen LogP) is 2.79. The van der Waals surface area contributed by atoms with E-state index < -0.39 is 0 Å². The second-order valence-corrected chi connectivity index (χ2v) is 3.80. The first-order chi connectivity index (χ1) is 8.38. The highest BCUT2D eigenvalue weighted by molar-refractivity contribution is 5.77. The van der Waals surface area contributed by atoms with Crippen LogP contribution in [0.25, 0.3) is 0 Å². The molecule has 1 aliphatic heterocycles. The number of hydrogen-bond acceptors (Lipinski definition) is 3. The van der Waals surface area contributed by atoms with Crippen LogP contribution in [0.3, 0.4) is 0 Å². The van der Waals surface area contributed by atoms with Crippen molar-refractivity contribution in [1.29, 1.82) is 0 Å². The van der Waals surface area contributed by atoms with Gasteiger partial charge in [0.15, 0.2) is 0 Å². The van der Waals surface area contributed by atoms with Gasteiger partial charge in [-0.05, 0) is 36.6 Å². The molecule has 0 unspecified atom stereocenters. The number of aliphatic imine (C=N–C) groups is 1. The number of allylic oxidation sites excluding steroid dienone is 3. The molecule has 0 atom stereocenters. The zero-order chi connectivity index (χ0) is 11.9. The third kappa shape index (κ3) is 3.57. The Balaban J connectivity index is 2.11. The van der Waals surface area contributed by atoms with Gasteiger partial charge in [0.1, 0.15) is 11.5 Å². The minimum Gasteiger partial charge on any atom is -0.456 e. The minimum atomic E-state index is 0.521. The molecule has 88 valence electrons. The molecule has 1 heterocycles. The van der Waals surface area contributed by atoms with Crippen molar-refractivity contribution in [3.05, 3.63) is 53.9 Å². The zero-order valence-electron chi connectivity index (χ0n) is 9.67. The third-order valence-electron chi connectivity index (χ3n) is 2.44. The SMILES string of the molecule is NCc1cccc(OC2=C/CC\C=C/N=C\2)c1. The van der Waals surface area contributed by atoms with Gasteiger partial charge < -0.3 is 10.5 Å². The normalized spacial score (nSPS) is 21.8. The van der Waals surface area contributed by atoms with Gasteiger partial charge in [0.25, 0.3) is 0 Å². The Labute approximate surface area is 101 Å². The minimum absolute atomic E-state index is 0.521. The molecule has 0 fully saturated rings. The standard InChI is InChI=1S/C14H16N2O/c15-10-12-5-4-7-13(9-12)17-14-6-2-1-3-8-16-11-14/h3-9,11H,1-2,10,15H2/b8-3-,14-6+,16-11-. The number of hydrogen-bond donors (Lipinski definition) is 1. The highest BCUT2D eigenvalue weighted by atomic mass is 16.5. The van der Waals surface area contributed by atoms with E-state index in [-0.39, 0.29) is 0 Å². The first-order valence-electron chi connectivity index (χ1n) is 5.73. The highest BCUT2D eigenvalue weighted by Crippen LogP contribution is 2.16. The quantitative estimate of drug-likeness (QED) is 0.864. The second kappa shape index (κ2) is 6.01. The Morgan fingerprint density at radius 1 is 1.29 bits per heavy atom. The van der Waals surface area contributed by atoms with Gasteiger partial charge in [-0.1, -0.05) is 18.2 Å². The predicted molar refractivity (Wildman–Crippen MR) is 69.9 cm³/mol. The van der Waals surface area contributed by atoms with Crippen LogP contribution in [0.5, 0.6) is 5.75 Å². The van der Waals surface area contributed by atoms with E-state index in [1.165, 1.54) is 0 Å². The first-order valence-corrected chi connectivity index (χ1v) is 5.73. The van der Waals surface area contributed by atoms with Gasteiger partial charge in [-0.15, -0.1) is 0 Å². The van der Waals surface area contributed by atoms with Crippen LogP contribution in [0, 0.1) is 0 Å². The molecular weight excluding hydrogens is 212 g/mol. The maximum Gasteiger partial charge on any atom is 0.141 e. The van der Waals surface area contributed by atoms with E-state index in [0.717, 1.165) is 29.9 Å². The molecule has 0 radical (unpaired) electrons. The van der Waals surface area contributed by atoms with Gasteiger partial charge in [-0.3, -0.25) is 4.99 Å². The van der Waals surface area contributed by atoms with Crippen molar-refractivity contribution in [2.75, 3.05) is 0 Å². The average molecular weight is 228 g/mol. The van der Waals surface area contributed by atoms with Gasteiger partial charge in [0, 0.05) is 12.7 Å². The van der Waals surface area contributed by atoms with Crippen LogP contribution in [0.2, 0.25) is 0 Å². The summed E-state index contributed by atoms with van der Waals surface area (Å²) in [6.45, 7) is 0.521. The number of rotatable bonds is 3. The molecule has 2 rings (SSSR count). The molecular formula is C14H16N2O. The molecule has 0 aromatic heterocycles. The molecule has 1 aliphatic rings. The van der Waals surface area contributed by atoms with Crippen molar-refractivity contribution in [3.63, 3.8) is 0 Å². The van der Waals surface area contributed by atoms with Crippen LogP contribution in [-0.4, -0.2) is 6.21 Å². The Bertz CT molecular complexity index is 461. The van der Waals surface area contributed by atoms with E-state index in [0.29, 0.717) is 6.54 Å². The summed E-state index contributed by atoms with van der Waals surface area (Å²) in [5.41, 5.74) is 6.65. The lowest BCUT2D eigenvalue weighted by molar-refractivity contribution is 0.453. The number of ether oxygens (including phenoxy) is 1. The molecule has 0 saturated carbocycles. The summed E-state index contributed by atoms with van der Waals surface area (Å²) < 4.78 is 5.76. The Kier molecular flexibility index (Phi) is 4.11. The van der Waals surface area contributed by atoms with Crippen LogP contribution >= 0.6 is 0 Å². The van der Waals surface area contributed by atoms with E-state index in [2.05, 4.69) is 4.99 Å². The second-order valence-electron chi connectivity index (χ2n) is 3.80. The Morgan fingerprint density at radius 2 is 2.24 bits per heavy atom. The molecule has 1 aromatic rings. The summed E-state index contributed by atoms with van der Waals surface area (Å²) in [6, 6.07) is 7.79. The van der Waals surface area contributed by atoms with Gasteiger partial charge in [-0.25, -0.2) is 0 Å². The topological polar surface area (TPSA) is 47.6 Å². The third-order valence-corrected chi connectivity index (χ3v) is 2.44. The fraction of sp³-hybridized carbons (Fsp3) is 0.214. The monoisotopic (exact) mass is 228 g/mol. The van der Waals surface area contributed by atoms with Crippen LogP contribution in [-0.2, 0) is 6.54 Å². The number of nitrogens with zero attached hydrogens (tertiary/aromatic N) is 1. The largest absolute Gasteiger partial charge is 0.456 e. The fourth-order valence-corrected chi connectivity index (χ4v) is 1.57. The number of benzene rings is 1. The van der Waals surface area contributed by atoms with E-state index in [4.69, 9.17) is 10.5 Å². The molecule has 0 aliphatic carbocycles. The van der Waals surface area contributed by atoms with Gasteiger partial charge in [0.05, 0.1) is 6.21 Å². The van der Waals surface area contributed by atoms with E-state index >= 15 is 0 Å². The molecule has 17 heavy (non-hydrogen) atoms. The molecule has 0 amide bonds. The molecule has 3 heteroatoms. The van der Waals surface area contributed by atoms with E-state index in [1.807, 2.05) is 36.4 Å². The summed E-state index contributed by atoms with van der Waals surface area (Å²) in [5, 5.41) is 0. The van der Waals surface area contributed by atoms with E-state index in [9.17, 15) is 0 Å². The summed E-state index contributed by atoms with van der Waals surface area (Å²) in [5.74, 6) is 1.58. The molecule has 0 bridgehead atoms. The van der Waals surface area contributed by atoms with Crippen LogP contribution in [0.4, 0.5) is 0 Å².